The van der Waals surface area contributed by atoms with Crippen molar-refractivity contribution in [3.05, 3.63) is 35.0 Å². The molecular weight excluding hydrogens is 264 g/mol. The predicted molar refractivity (Wildman–Crippen MR) is 80.7 cm³/mol. The second kappa shape index (κ2) is 5.58. The van der Waals surface area contributed by atoms with E-state index >= 15 is 0 Å². The largest absolute Gasteiger partial charge is 0.346 e. The van der Waals surface area contributed by atoms with Crippen LogP contribution >= 0.6 is 0 Å². The van der Waals surface area contributed by atoms with Gasteiger partial charge in [0.25, 0.3) is 0 Å². The fourth-order valence-corrected chi connectivity index (χ4v) is 2.89. The Bertz CT molecular complexity index is 705. The SMILES string of the molecule is Cc1c(CN2CCN(C=O)CC2)ccc2[nH]c(C#N)cc12. The summed E-state index contributed by atoms with van der Waals surface area (Å²) < 4.78 is 0. The third-order valence-electron chi connectivity index (χ3n) is 4.26. The number of aryl methyl sites for hydroxylation is 1. The van der Waals surface area contributed by atoms with E-state index in [1.165, 1.54) is 11.1 Å². The van der Waals surface area contributed by atoms with Gasteiger partial charge in [-0.3, -0.25) is 9.69 Å². The van der Waals surface area contributed by atoms with E-state index in [0.717, 1.165) is 50.0 Å². The fraction of sp³-hybridized carbons (Fsp3) is 0.375. The number of hydrogen-bond donors (Lipinski definition) is 1. The van der Waals surface area contributed by atoms with Gasteiger partial charge in [0.2, 0.25) is 6.41 Å². The standard InChI is InChI=1S/C16H18N4O/c1-12-13(10-19-4-6-20(11-21)7-5-19)2-3-16-15(12)8-14(9-17)18-16/h2-3,8,11,18H,4-7,10H2,1H3. The summed E-state index contributed by atoms with van der Waals surface area (Å²) in [5.74, 6) is 0. The molecule has 1 aromatic carbocycles. The molecule has 0 aliphatic carbocycles. The van der Waals surface area contributed by atoms with Crippen LogP contribution in [0.4, 0.5) is 0 Å². The molecule has 0 bridgehead atoms. The van der Waals surface area contributed by atoms with Gasteiger partial charge in [-0.2, -0.15) is 5.26 Å². The number of fused-ring (bicyclic) bond motifs is 1. The summed E-state index contributed by atoms with van der Waals surface area (Å²) in [7, 11) is 0. The smallest absolute Gasteiger partial charge is 0.209 e. The Morgan fingerprint density at radius 2 is 2.10 bits per heavy atom. The van der Waals surface area contributed by atoms with Gasteiger partial charge in [-0.1, -0.05) is 6.07 Å². The Morgan fingerprint density at radius 3 is 2.76 bits per heavy atom. The third-order valence-corrected chi connectivity index (χ3v) is 4.26. The molecule has 1 fully saturated rings. The monoisotopic (exact) mass is 282 g/mol. The minimum atomic E-state index is 0.602. The van der Waals surface area contributed by atoms with E-state index in [1.807, 2.05) is 17.0 Å². The zero-order valence-electron chi connectivity index (χ0n) is 12.1. The van der Waals surface area contributed by atoms with Crippen molar-refractivity contribution in [3.63, 3.8) is 0 Å². The lowest BCUT2D eigenvalue weighted by Crippen LogP contribution is -2.45. The first-order chi connectivity index (χ1) is 10.2. The number of carbonyl (C=O) groups is 1. The Kier molecular flexibility index (Phi) is 3.63. The highest BCUT2D eigenvalue weighted by molar-refractivity contribution is 5.85. The number of piperazine rings is 1. The number of nitrogens with one attached hydrogen (secondary N) is 1. The van der Waals surface area contributed by atoms with Crippen LogP contribution in [0.25, 0.3) is 10.9 Å². The fourth-order valence-electron chi connectivity index (χ4n) is 2.89. The zero-order valence-corrected chi connectivity index (χ0v) is 12.1. The minimum Gasteiger partial charge on any atom is -0.346 e. The first kappa shape index (κ1) is 13.7. The molecule has 5 heteroatoms. The number of nitrogens with zero attached hydrogens (tertiary/aromatic N) is 3. The van der Waals surface area contributed by atoms with E-state index in [1.54, 1.807) is 0 Å². The van der Waals surface area contributed by atoms with Crippen molar-refractivity contribution in [1.82, 2.24) is 14.8 Å². The van der Waals surface area contributed by atoms with Gasteiger partial charge in [0.05, 0.1) is 0 Å². The van der Waals surface area contributed by atoms with Crippen molar-refractivity contribution in [2.75, 3.05) is 26.2 Å². The second-order valence-corrected chi connectivity index (χ2v) is 5.52. The topological polar surface area (TPSA) is 63.1 Å². The highest BCUT2D eigenvalue weighted by Gasteiger charge is 2.16. The first-order valence-electron chi connectivity index (χ1n) is 7.14. The Hall–Kier alpha value is -2.32. The number of aromatic amines is 1. The van der Waals surface area contributed by atoms with Gasteiger partial charge >= 0.3 is 0 Å². The van der Waals surface area contributed by atoms with Crippen LogP contribution in [-0.2, 0) is 11.3 Å². The van der Waals surface area contributed by atoms with Crippen molar-refractivity contribution >= 4 is 17.3 Å². The molecule has 0 unspecified atom stereocenters. The van der Waals surface area contributed by atoms with Gasteiger partial charge in [0, 0.05) is 43.6 Å². The highest BCUT2D eigenvalue weighted by atomic mass is 16.1. The molecule has 1 aliphatic rings. The van der Waals surface area contributed by atoms with Gasteiger partial charge in [0.1, 0.15) is 11.8 Å². The van der Waals surface area contributed by atoms with Crippen LogP contribution in [0, 0.1) is 18.3 Å². The second-order valence-electron chi connectivity index (χ2n) is 5.52. The van der Waals surface area contributed by atoms with Crippen molar-refractivity contribution in [3.8, 4) is 6.07 Å². The Morgan fingerprint density at radius 1 is 1.33 bits per heavy atom. The summed E-state index contributed by atoms with van der Waals surface area (Å²) in [6, 6.07) is 8.23. The zero-order chi connectivity index (χ0) is 14.8. The summed E-state index contributed by atoms with van der Waals surface area (Å²) in [6.45, 7) is 6.41. The third kappa shape index (κ3) is 2.63. The normalized spacial score (nSPS) is 16.1. The maximum Gasteiger partial charge on any atom is 0.209 e. The molecule has 3 rings (SSSR count). The molecule has 2 heterocycles. The van der Waals surface area contributed by atoms with Crippen molar-refractivity contribution in [2.24, 2.45) is 0 Å². The minimum absolute atomic E-state index is 0.602. The molecule has 0 saturated carbocycles. The predicted octanol–water partition coefficient (Wildman–Crippen LogP) is 1.62. The Balaban J connectivity index is 1.80. The molecule has 0 spiro atoms. The number of hydrogen-bond acceptors (Lipinski definition) is 3. The van der Waals surface area contributed by atoms with E-state index < -0.39 is 0 Å². The van der Waals surface area contributed by atoms with Crippen LogP contribution < -0.4 is 0 Å². The van der Waals surface area contributed by atoms with Crippen molar-refractivity contribution in [2.45, 2.75) is 13.5 Å². The molecule has 0 atom stereocenters. The summed E-state index contributed by atoms with van der Waals surface area (Å²) in [5.41, 5.74) is 4.12. The quantitative estimate of drug-likeness (QED) is 0.870. The Labute approximate surface area is 123 Å². The number of carbonyl (C=O) groups excluding carboxylic acids is 1. The summed E-state index contributed by atoms with van der Waals surface area (Å²) in [6.07, 6.45) is 0.928. The summed E-state index contributed by atoms with van der Waals surface area (Å²) >= 11 is 0. The maximum absolute atomic E-state index is 10.7. The van der Waals surface area contributed by atoms with Crippen LogP contribution in [-0.4, -0.2) is 47.4 Å². The molecule has 21 heavy (non-hydrogen) atoms. The van der Waals surface area contributed by atoms with Crippen molar-refractivity contribution < 1.29 is 4.79 Å². The van der Waals surface area contributed by atoms with E-state index in [9.17, 15) is 4.79 Å². The van der Waals surface area contributed by atoms with Crippen LogP contribution in [0.5, 0.6) is 0 Å². The van der Waals surface area contributed by atoms with Gasteiger partial charge < -0.3 is 9.88 Å². The average molecular weight is 282 g/mol. The van der Waals surface area contributed by atoms with E-state index in [4.69, 9.17) is 5.26 Å². The lowest BCUT2D eigenvalue weighted by molar-refractivity contribution is -0.119. The van der Waals surface area contributed by atoms with Crippen LogP contribution in [0.15, 0.2) is 18.2 Å². The molecule has 5 nitrogen and oxygen atoms in total. The molecule has 1 N–H and O–H groups in total. The van der Waals surface area contributed by atoms with E-state index in [0.29, 0.717) is 5.69 Å². The lowest BCUT2D eigenvalue weighted by Gasteiger charge is -2.32. The van der Waals surface area contributed by atoms with Crippen molar-refractivity contribution in [1.29, 1.82) is 5.26 Å². The highest BCUT2D eigenvalue weighted by Crippen LogP contribution is 2.24. The van der Waals surface area contributed by atoms with Crippen LogP contribution in [0.3, 0.4) is 0 Å². The van der Waals surface area contributed by atoms with E-state index in [2.05, 4.69) is 28.9 Å². The number of aromatic nitrogens is 1. The average Bonchev–Trinajstić information content (AvgIpc) is 2.95. The van der Waals surface area contributed by atoms with E-state index in [-0.39, 0.29) is 0 Å². The van der Waals surface area contributed by atoms with Gasteiger partial charge in [-0.15, -0.1) is 0 Å². The van der Waals surface area contributed by atoms with Gasteiger partial charge in [0.15, 0.2) is 0 Å². The number of nitriles is 1. The van der Waals surface area contributed by atoms with Gasteiger partial charge in [-0.05, 0) is 30.2 Å². The number of benzene rings is 1. The van der Waals surface area contributed by atoms with Gasteiger partial charge in [-0.25, -0.2) is 0 Å². The molecule has 2 aromatic rings. The molecule has 1 amide bonds. The number of amides is 1. The maximum atomic E-state index is 10.7. The van der Waals surface area contributed by atoms with Crippen LogP contribution in [0.1, 0.15) is 16.8 Å². The molecular formula is C16H18N4O. The lowest BCUT2D eigenvalue weighted by atomic mass is 10.0. The number of rotatable bonds is 3. The summed E-state index contributed by atoms with van der Waals surface area (Å²) in [4.78, 5) is 18.0. The molecule has 1 aromatic heterocycles. The first-order valence-corrected chi connectivity index (χ1v) is 7.14. The molecule has 1 saturated heterocycles. The molecule has 108 valence electrons. The molecule has 0 radical (unpaired) electrons. The number of H-pyrrole nitrogens is 1. The summed E-state index contributed by atoms with van der Waals surface area (Å²) in [5, 5.41) is 10.1. The van der Waals surface area contributed by atoms with Crippen LogP contribution in [0.2, 0.25) is 0 Å². The molecule has 1 aliphatic heterocycles.